The maximum atomic E-state index is 11.9. The van der Waals surface area contributed by atoms with Gasteiger partial charge in [0, 0.05) is 17.5 Å². The second-order valence-electron chi connectivity index (χ2n) is 5.63. The van der Waals surface area contributed by atoms with Gasteiger partial charge in [-0.25, -0.2) is 4.79 Å². The number of nitrogens with one attached hydrogen (secondary N) is 2. The van der Waals surface area contributed by atoms with Gasteiger partial charge >= 0.3 is 6.03 Å². The number of rotatable bonds is 4. The fourth-order valence-electron chi connectivity index (χ4n) is 2.57. The lowest BCUT2D eigenvalue weighted by Crippen LogP contribution is -2.43. The lowest BCUT2D eigenvalue weighted by Gasteiger charge is -2.26. The number of carbonyl (C=O) groups is 1. The third kappa shape index (κ3) is 4.75. The molecule has 1 fully saturated rings. The van der Waals surface area contributed by atoms with Crippen molar-refractivity contribution in [3.8, 4) is 0 Å². The fourth-order valence-corrected chi connectivity index (χ4v) is 2.97. The van der Waals surface area contributed by atoms with Gasteiger partial charge in [0.05, 0.1) is 0 Å². The topological polar surface area (TPSA) is 41.1 Å². The van der Waals surface area contributed by atoms with Gasteiger partial charge in [0.25, 0.3) is 0 Å². The van der Waals surface area contributed by atoms with Crippen LogP contribution < -0.4 is 10.6 Å². The maximum absolute atomic E-state index is 11.9. The van der Waals surface area contributed by atoms with E-state index in [1.165, 1.54) is 17.7 Å². The number of urea groups is 1. The molecule has 20 heavy (non-hydrogen) atoms. The minimum Gasteiger partial charge on any atom is -0.335 e. The average molecular weight is 292 g/mol. The van der Waals surface area contributed by atoms with Crippen molar-refractivity contribution >= 4 is 17.8 Å². The molecule has 0 aliphatic heterocycles. The van der Waals surface area contributed by atoms with Crippen LogP contribution >= 0.6 is 11.8 Å². The minimum absolute atomic E-state index is 0.0431. The number of hydrogen-bond donors (Lipinski definition) is 2. The van der Waals surface area contributed by atoms with E-state index < -0.39 is 0 Å². The third-order valence-electron chi connectivity index (χ3n) is 3.96. The predicted octanol–water partition coefficient (Wildman–Crippen LogP) is 3.79. The molecule has 0 atom stereocenters. The number of hydrogen-bond acceptors (Lipinski definition) is 2. The largest absolute Gasteiger partial charge is 0.335 e. The van der Waals surface area contributed by atoms with Gasteiger partial charge in [0.1, 0.15) is 0 Å². The molecule has 2 amide bonds. The Hall–Kier alpha value is -1.16. The first-order valence-electron chi connectivity index (χ1n) is 7.34. The van der Waals surface area contributed by atoms with Crippen molar-refractivity contribution in [2.45, 2.75) is 50.1 Å². The zero-order chi connectivity index (χ0) is 14.4. The summed E-state index contributed by atoms with van der Waals surface area (Å²) in [5, 5.41) is 6.02. The van der Waals surface area contributed by atoms with E-state index in [-0.39, 0.29) is 6.03 Å². The van der Waals surface area contributed by atoms with E-state index in [0.717, 1.165) is 24.3 Å². The number of amides is 2. The smallest absolute Gasteiger partial charge is 0.315 e. The first-order chi connectivity index (χ1) is 9.67. The van der Waals surface area contributed by atoms with Gasteiger partial charge in [-0.15, -0.1) is 11.8 Å². The Morgan fingerprint density at radius 1 is 1.20 bits per heavy atom. The highest BCUT2D eigenvalue weighted by Gasteiger charge is 2.19. The Morgan fingerprint density at radius 2 is 1.85 bits per heavy atom. The number of carbonyl (C=O) groups excluding carboxylic acids is 1. The Morgan fingerprint density at radius 3 is 2.45 bits per heavy atom. The van der Waals surface area contributed by atoms with Gasteiger partial charge in [0.15, 0.2) is 0 Å². The van der Waals surface area contributed by atoms with Gasteiger partial charge in [-0.2, -0.15) is 0 Å². The van der Waals surface area contributed by atoms with Crippen LogP contribution in [-0.2, 0) is 6.54 Å². The number of benzene rings is 1. The summed E-state index contributed by atoms with van der Waals surface area (Å²) in [6.07, 6.45) is 6.72. The molecule has 0 radical (unpaired) electrons. The molecule has 1 aromatic rings. The van der Waals surface area contributed by atoms with Gasteiger partial charge in [-0.1, -0.05) is 19.1 Å². The van der Waals surface area contributed by atoms with Crippen molar-refractivity contribution in [3.63, 3.8) is 0 Å². The summed E-state index contributed by atoms with van der Waals surface area (Å²) in [5.74, 6) is 0.811. The summed E-state index contributed by atoms with van der Waals surface area (Å²) in [7, 11) is 0. The zero-order valence-electron chi connectivity index (χ0n) is 12.3. The second kappa shape index (κ2) is 7.58. The quantitative estimate of drug-likeness (QED) is 0.829. The maximum Gasteiger partial charge on any atom is 0.315 e. The fraction of sp³-hybridized carbons (Fsp3) is 0.562. The molecule has 2 N–H and O–H groups in total. The summed E-state index contributed by atoms with van der Waals surface area (Å²) >= 11 is 1.73. The highest BCUT2D eigenvalue weighted by Crippen LogP contribution is 2.23. The third-order valence-corrected chi connectivity index (χ3v) is 4.71. The Kier molecular flexibility index (Phi) is 5.77. The van der Waals surface area contributed by atoms with E-state index in [9.17, 15) is 4.79 Å². The summed E-state index contributed by atoms with van der Waals surface area (Å²) < 4.78 is 0. The van der Waals surface area contributed by atoms with Crippen LogP contribution in [0.5, 0.6) is 0 Å². The van der Waals surface area contributed by atoms with Gasteiger partial charge in [0.2, 0.25) is 0 Å². The molecule has 110 valence electrons. The molecule has 0 heterocycles. The van der Waals surface area contributed by atoms with Crippen LogP contribution in [0.3, 0.4) is 0 Å². The summed E-state index contributed by atoms with van der Waals surface area (Å²) in [6.45, 7) is 2.87. The molecule has 0 aromatic heterocycles. The highest BCUT2D eigenvalue weighted by atomic mass is 32.2. The molecule has 0 saturated heterocycles. The van der Waals surface area contributed by atoms with Crippen molar-refractivity contribution in [2.24, 2.45) is 5.92 Å². The van der Waals surface area contributed by atoms with Gasteiger partial charge in [-0.3, -0.25) is 0 Å². The molecule has 1 saturated carbocycles. The van der Waals surface area contributed by atoms with Crippen molar-refractivity contribution < 1.29 is 4.79 Å². The number of thioether (sulfide) groups is 1. The van der Waals surface area contributed by atoms with E-state index >= 15 is 0 Å². The average Bonchev–Trinajstić information content (AvgIpc) is 2.48. The van der Waals surface area contributed by atoms with Crippen molar-refractivity contribution in [1.82, 2.24) is 10.6 Å². The molecule has 1 aliphatic rings. The van der Waals surface area contributed by atoms with E-state index in [4.69, 9.17) is 0 Å². The summed E-state index contributed by atoms with van der Waals surface area (Å²) in [5.41, 5.74) is 1.13. The van der Waals surface area contributed by atoms with Crippen LogP contribution in [0.1, 0.15) is 38.2 Å². The molecule has 4 heteroatoms. The molecule has 0 bridgehead atoms. The Labute approximate surface area is 125 Å². The van der Waals surface area contributed by atoms with Crippen LogP contribution in [0.4, 0.5) is 4.79 Å². The monoisotopic (exact) mass is 292 g/mol. The van der Waals surface area contributed by atoms with Crippen molar-refractivity contribution in [3.05, 3.63) is 29.8 Å². The Balaban J connectivity index is 1.71. The standard InChI is InChI=1S/C16H24N2OS/c1-12-3-7-14(8-4-12)18-16(19)17-11-13-5-9-15(20-2)10-6-13/h5-6,9-10,12,14H,3-4,7-8,11H2,1-2H3,(H2,17,18,19). The van der Waals surface area contributed by atoms with Crippen molar-refractivity contribution in [2.75, 3.05) is 6.26 Å². The first-order valence-corrected chi connectivity index (χ1v) is 8.57. The van der Waals surface area contributed by atoms with E-state index in [2.05, 4.69) is 48.1 Å². The second-order valence-corrected chi connectivity index (χ2v) is 6.51. The SMILES string of the molecule is CSc1ccc(CNC(=O)NC2CCC(C)CC2)cc1. The molecule has 1 aliphatic carbocycles. The molecule has 0 spiro atoms. The summed E-state index contributed by atoms with van der Waals surface area (Å²) in [6, 6.07) is 8.61. The lowest BCUT2D eigenvalue weighted by molar-refractivity contribution is 0.228. The molecule has 0 unspecified atom stereocenters. The van der Waals surface area contributed by atoms with E-state index in [1.54, 1.807) is 11.8 Å². The first kappa shape index (κ1) is 15.2. The normalized spacial score (nSPS) is 22.3. The molecular formula is C16H24N2OS. The van der Waals surface area contributed by atoms with Gasteiger partial charge < -0.3 is 10.6 Å². The van der Waals surface area contributed by atoms with E-state index in [0.29, 0.717) is 12.6 Å². The van der Waals surface area contributed by atoms with Gasteiger partial charge in [-0.05, 0) is 55.6 Å². The van der Waals surface area contributed by atoms with Crippen LogP contribution in [0.2, 0.25) is 0 Å². The molecule has 3 nitrogen and oxygen atoms in total. The lowest BCUT2D eigenvalue weighted by atomic mass is 9.87. The van der Waals surface area contributed by atoms with Crippen LogP contribution in [0, 0.1) is 5.92 Å². The molecule has 1 aromatic carbocycles. The van der Waals surface area contributed by atoms with Crippen molar-refractivity contribution in [1.29, 1.82) is 0 Å². The molecule has 2 rings (SSSR count). The predicted molar refractivity (Wildman–Crippen MR) is 85.0 cm³/mol. The Bertz CT molecular complexity index is 425. The van der Waals surface area contributed by atoms with Crippen LogP contribution in [-0.4, -0.2) is 18.3 Å². The van der Waals surface area contributed by atoms with Crippen LogP contribution in [0.15, 0.2) is 29.2 Å². The van der Waals surface area contributed by atoms with E-state index in [1.807, 2.05) is 0 Å². The minimum atomic E-state index is -0.0431. The molecular weight excluding hydrogens is 268 g/mol. The zero-order valence-corrected chi connectivity index (χ0v) is 13.1. The van der Waals surface area contributed by atoms with Crippen LogP contribution in [0.25, 0.3) is 0 Å². The summed E-state index contributed by atoms with van der Waals surface area (Å²) in [4.78, 5) is 13.1. The highest BCUT2D eigenvalue weighted by molar-refractivity contribution is 7.98.